The Bertz CT molecular complexity index is 1040. The van der Waals surface area contributed by atoms with Crippen LogP contribution in [0.3, 0.4) is 0 Å². The van der Waals surface area contributed by atoms with Gasteiger partial charge in [-0.2, -0.15) is 0 Å². The van der Waals surface area contributed by atoms with Gasteiger partial charge in [0, 0.05) is 5.69 Å². The third-order valence-corrected chi connectivity index (χ3v) is 7.01. The first-order chi connectivity index (χ1) is 13.8. The van der Waals surface area contributed by atoms with Gasteiger partial charge >= 0.3 is 6.09 Å². The zero-order valence-electron chi connectivity index (χ0n) is 15.9. The van der Waals surface area contributed by atoms with E-state index in [1.165, 1.54) is 22.5 Å². The smallest absolute Gasteiger partial charge is 0.412 e. The number of amides is 1. The van der Waals surface area contributed by atoms with E-state index in [9.17, 15) is 17.6 Å². The fourth-order valence-electron chi connectivity index (χ4n) is 3.40. The molecule has 9 heteroatoms. The van der Waals surface area contributed by atoms with Crippen molar-refractivity contribution in [2.75, 3.05) is 22.8 Å². The predicted molar refractivity (Wildman–Crippen MR) is 105 cm³/mol. The number of rotatable bonds is 4. The molecule has 1 fully saturated rings. The molecule has 0 spiro atoms. The predicted octanol–water partition coefficient (Wildman–Crippen LogP) is 3.90. The van der Waals surface area contributed by atoms with Crippen LogP contribution in [0, 0.1) is 5.82 Å². The molecule has 154 valence electrons. The topological polar surface area (TPSA) is 84.9 Å². The molecule has 0 unspecified atom stereocenters. The molecule has 1 saturated carbocycles. The molecule has 0 saturated heterocycles. The molecular formula is C20H21FN2O5S. The summed E-state index contributed by atoms with van der Waals surface area (Å²) in [6, 6.07) is 9.39. The highest BCUT2D eigenvalue weighted by molar-refractivity contribution is 7.92. The monoisotopic (exact) mass is 420 g/mol. The number of hydrogen-bond donors (Lipinski definition) is 1. The fraction of sp³-hybridized carbons (Fsp3) is 0.350. The summed E-state index contributed by atoms with van der Waals surface area (Å²) in [5.41, 5.74) is 0.244. The van der Waals surface area contributed by atoms with E-state index in [1.807, 2.05) is 6.92 Å². The van der Waals surface area contributed by atoms with Crippen molar-refractivity contribution < 1.29 is 27.1 Å². The van der Waals surface area contributed by atoms with Gasteiger partial charge in [0.1, 0.15) is 23.8 Å². The highest BCUT2D eigenvalue weighted by Gasteiger charge is 2.36. The van der Waals surface area contributed by atoms with Gasteiger partial charge in [-0.05, 0) is 68.7 Å². The lowest BCUT2D eigenvalue weighted by Crippen LogP contribution is -2.40. The molecule has 2 aromatic carbocycles. The largest absolute Gasteiger partial charge is 0.489 e. The Morgan fingerprint density at radius 1 is 1.21 bits per heavy atom. The number of sulfonamides is 1. The highest BCUT2D eigenvalue weighted by atomic mass is 32.2. The Morgan fingerprint density at radius 3 is 2.59 bits per heavy atom. The summed E-state index contributed by atoms with van der Waals surface area (Å²) in [5.74, 6) is -0.136. The minimum absolute atomic E-state index is 0.0255. The first kappa shape index (κ1) is 19.5. The number of halogens is 1. The number of carbonyl (C=O) groups excluding carboxylic acids is 1. The van der Waals surface area contributed by atoms with Crippen LogP contribution < -0.4 is 14.4 Å². The molecule has 1 amide bonds. The third-order valence-electron chi connectivity index (χ3n) is 5.18. The van der Waals surface area contributed by atoms with Gasteiger partial charge in [-0.25, -0.2) is 17.6 Å². The van der Waals surface area contributed by atoms with E-state index in [1.54, 1.807) is 12.1 Å². The minimum atomic E-state index is -3.92. The fourth-order valence-corrected chi connectivity index (χ4v) is 4.85. The van der Waals surface area contributed by atoms with Crippen LogP contribution in [-0.2, 0) is 14.8 Å². The second-order valence-corrected chi connectivity index (χ2v) is 9.24. The molecule has 1 N–H and O–H groups in total. The number of nitrogens with one attached hydrogen (secondary N) is 1. The lowest BCUT2D eigenvalue weighted by Gasteiger charge is -2.37. The number of hydrogen-bond acceptors (Lipinski definition) is 5. The lowest BCUT2D eigenvalue weighted by atomic mass is 9.82. The first-order valence-corrected chi connectivity index (χ1v) is 10.8. The number of nitrogens with zero attached hydrogens (tertiary/aromatic N) is 1. The lowest BCUT2D eigenvalue weighted by molar-refractivity contribution is -0.0256. The summed E-state index contributed by atoms with van der Waals surface area (Å²) in [4.78, 5) is 12.2. The van der Waals surface area contributed by atoms with Crippen molar-refractivity contribution in [3.8, 4) is 5.75 Å². The average Bonchev–Trinajstić information content (AvgIpc) is 2.66. The molecule has 7 nitrogen and oxygen atoms in total. The van der Waals surface area contributed by atoms with Crippen LogP contribution in [-0.4, -0.2) is 33.3 Å². The van der Waals surface area contributed by atoms with E-state index in [-0.39, 0.29) is 18.0 Å². The van der Waals surface area contributed by atoms with Gasteiger partial charge < -0.3 is 9.47 Å². The molecule has 2 aromatic rings. The van der Waals surface area contributed by atoms with Gasteiger partial charge in [-0.15, -0.1) is 0 Å². The third kappa shape index (κ3) is 3.87. The maximum Gasteiger partial charge on any atom is 0.412 e. The van der Waals surface area contributed by atoms with Crippen molar-refractivity contribution in [1.82, 2.24) is 0 Å². The zero-order valence-corrected chi connectivity index (χ0v) is 16.7. The molecule has 1 heterocycles. The van der Waals surface area contributed by atoms with Gasteiger partial charge in [0.15, 0.2) is 0 Å². The van der Waals surface area contributed by atoms with Crippen LogP contribution in [0.2, 0.25) is 0 Å². The zero-order chi connectivity index (χ0) is 20.6. The van der Waals surface area contributed by atoms with Crippen molar-refractivity contribution >= 4 is 27.5 Å². The number of anilines is 2. The Hall–Kier alpha value is -2.81. The average molecular weight is 420 g/mol. The number of ether oxygens (including phenoxy) is 2. The quantitative estimate of drug-likeness (QED) is 0.811. The molecule has 0 bridgehead atoms. The summed E-state index contributed by atoms with van der Waals surface area (Å²) >= 11 is 0. The summed E-state index contributed by atoms with van der Waals surface area (Å²) in [5, 5.41) is 2.65. The standard InChI is InChI=1S/C20H21FN2O5S/c1-20(9-2-10-20)28-19(24)22-15-5-8-18-17(13-15)23(11-12-27-18)29(25,26)16-6-3-14(21)4-7-16/h3-8,13H,2,9-12H2,1H3,(H,22,24). The Morgan fingerprint density at radius 2 is 1.93 bits per heavy atom. The molecule has 0 radical (unpaired) electrons. The minimum Gasteiger partial charge on any atom is -0.489 e. The van der Waals surface area contributed by atoms with E-state index in [4.69, 9.17) is 9.47 Å². The van der Waals surface area contributed by atoms with E-state index >= 15 is 0 Å². The second-order valence-electron chi connectivity index (χ2n) is 7.38. The van der Waals surface area contributed by atoms with Gasteiger partial charge in [0.05, 0.1) is 17.1 Å². The van der Waals surface area contributed by atoms with Crippen LogP contribution >= 0.6 is 0 Å². The van der Waals surface area contributed by atoms with Crippen LogP contribution in [0.25, 0.3) is 0 Å². The highest BCUT2D eigenvalue weighted by Crippen LogP contribution is 2.38. The molecule has 1 aliphatic carbocycles. The van der Waals surface area contributed by atoms with Gasteiger partial charge in [-0.1, -0.05) is 0 Å². The second kappa shape index (κ2) is 7.22. The summed E-state index contributed by atoms with van der Waals surface area (Å²) < 4.78 is 51.5. The molecule has 2 aliphatic rings. The van der Waals surface area contributed by atoms with Crippen LogP contribution in [0.5, 0.6) is 5.75 Å². The summed E-state index contributed by atoms with van der Waals surface area (Å²) in [7, 11) is -3.92. The van der Waals surface area contributed by atoms with Crippen LogP contribution in [0.1, 0.15) is 26.2 Å². The van der Waals surface area contributed by atoms with E-state index < -0.39 is 27.5 Å². The van der Waals surface area contributed by atoms with Crippen molar-refractivity contribution in [2.45, 2.75) is 36.7 Å². The normalized spacial score (nSPS) is 17.5. The van der Waals surface area contributed by atoms with E-state index in [0.717, 1.165) is 31.4 Å². The van der Waals surface area contributed by atoms with Gasteiger partial charge in [-0.3, -0.25) is 9.62 Å². The number of fused-ring (bicyclic) bond motifs is 1. The molecule has 0 atom stereocenters. The molecule has 29 heavy (non-hydrogen) atoms. The van der Waals surface area contributed by atoms with Gasteiger partial charge in [0.25, 0.3) is 10.0 Å². The maximum absolute atomic E-state index is 13.2. The molecule has 1 aliphatic heterocycles. The van der Waals surface area contributed by atoms with Crippen LogP contribution in [0.15, 0.2) is 47.4 Å². The molecule has 4 rings (SSSR count). The van der Waals surface area contributed by atoms with Crippen molar-refractivity contribution in [1.29, 1.82) is 0 Å². The van der Waals surface area contributed by atoms with E-state index in [2.05, 4.69) is 5.32 Å². The van der Waals surface area contributed by atoms with Crippen molar-refractivity contribution in [3.63, 3.8) is 0 Å². The van der Waals surface area contributed by atoms with Crippen molar-refractivity contribution in [3.05, 3.63) is 48.3 Å². The Labute approximate surface area is 168 Å². The SMILES string of the molecule is CC1(OC(=O)Nc2ccc3c(c2)N(S(=O)(=O)c2ccc(F)cc2)CCO3)CCC1. The molecular weight excluding hydrogens is 399 g/mol. The Balaban J connectivity index is 1.60. The maximum atomic E-state index is 13.2. The summed E-state index contributed by atoms with van der Waals surface area (Å²) in [6.07, 6.45) is 2.08. The molecule has 0 aromatic heterocycles. The van der Waals surface area contributed by atoms with E-state index in [0.29, 0.717) is 17.1 Å². The van der Waals surface area contributed by atoms with Gasteiger partial charge in [0.2, 0.25) is 0 Å². The van der Waals surface area contributed by atoms with Crippen LogP contribution in [0.4, 0.5) is 20.6 Å². The number of carbonyl (C=O) groups is 1. The Kier molecular flexibility index (Phi) is 4.85. The first-order valence-electron chi connectivity index (χ1n) is 9.32. The number of benzene rings is 2. The van der Waals surface area contributed by atoms with Crippen molar-refractivity contribution in [2.24, 2.45) is 0 Å². The summed E-state index contributed by atoms with van der Waals surface area (Å²) in [6.45, 7) is 2.16.